The minimum absolute atomic E-state index is 0.763. The quantitative estimate of drug-likeness (QED) is 0.445. The summed E-state index contributed by atoms with van der Waals surface area (Å²) < 4.78 is 1.99. The predicted molar refractivity (Wildman–Crippen MR) is 83.4 cm³/mol. The van der Waals surface area contributed by atoms with E-state index in [-0.39, 0.29) is 0 Å². The third-order valence-corrected chi connectivity index (χ3v) is 9.30. The summed E-state index contributed by atoms with van der Waals surface area (Å²) >= 11 is 5.50. The fraction of sp³-hybridized carbons (Fsp3) is 1.00. The predicted octanol–water partition coefficient (Wildman–Crippen LogP) is 3.20. The highest BCUT2D eigenvalue weighted by Crippen LogP contribution is 2.80. The number of alkyl halides is 2. The van der Waals surface area contributed by atoms with E-state index in [2.05, 4.69) is 64.1 Å². The van der Waals surface area contributed by atoms with Crippen molar-refractivity contribution in [3.63, 3.8) is 0 Å². The first-order chi connectivity index (χ1) is 7.51. The molecular formula is C13H19I2N. The molecule has 0 aromatic rings. The van der Waals surface area contributed by atoms with Gasteiger partial charge in [0.2, 0.25) is 0 Å². The average molecular weight is 443 g/mol. The maximum absolute atomic E-state index is 2.76. The summed E-state index contributed by atoms with van der Waals surface area (Å²) in [4.78, 5) is 2.51. The van der Waals surface area contributed by atoms with Crippen LogP contribution in [0, 0.1) is 28.6 Å². The van der Waals surface area contributed by atoms with Crippen LogP contribution in [0.1, 0.15) is 19.8 Å². The van der Waals surface area contributed by atoms with Crippen LogP contribution in [0.5, 0.6) is 0 Å². The van der Waals surface area contributed by atoms with Gasteiger partial charge in [-0.05, 0) is 43.1 Å². The monoisotopic (exact) mass is 443 g/mol. The Morgan fingerprint density at radius 2 is 1.69 bits per heavy atom. The molecule has 0 aromatic carbocycles. The van der Waals surface area contributed by atoms with Crippen LogP contribution < -0.4 is 0 Å². The molecule has 4 aliphatic rings. The van der Waals surface area contributed by atoms with Crippen molar-refractivity contribution >= 4 is 45.2 Å². The van der Waals surface area contributed by atoms with Crippen LogP contribution in [-0.4, -0.2) is 32.9 Å². The zero-order valence-electron chi connectivity index (χ0n) is 9.92. The van der Waals surface area contributed by atoms with Crippen molar-refractivity contribution in [3.05, 3.63) is 0 Å². The summed E-state index contributed by atoms with van der Waals surface area (Å²) in [5.41, 5.74) is 1.59. The lowest BCUT2D eigenvalue weighted by atomic mass is 9.64. The molecule has 2 spiro atoms. The molecule has 4 rings (SSSR count). The summed E-state index contributed by atoms with van der Waals surface area (Å²) in [5.74, 6) is 3.20. The van der Waals surface area contributed by atoms with E-state index in [4.69, 9.17) is 0 Å². The summed E-state index contributed by atoms with van der Waals surface area (Å²) in [5, 5.41) is 0. The highest BCUT2D eigenvalue weighted by molar-refractivity contribution is 14.1. The Hall–Kier alpha value is 1.42. The molecular weight excluding hydrogens is 424 g/mol. The van der Waals surface area contributed by atoms with Gasteiger partial charge in [0, 0.05) is 26.4 Å². The van der Waals surface area contributed by atoms with Crippen molar-refractivity contribution in [2.75, 3.05) is 20.1 Å². The number of rotatable bonds is 1. The molecule has 1 saturated heterocycles. The third kappa shape index (κ3) is 1.12. The van der Waals surface area contributed by atoms with Crippen molar-refractivity contribution in [1.82, 2.24) is 4.90 Å². The molecule has 3 heteroatoms. The molecule has 90 valence electrons. The van der Waals surface area contributed by atoms with Crippen LogP contribution in [0.25, 0.3) is 0 Å². The molecule has 0 aromatic heterocycles. The van der Waals surface area contributed by atoms with Gasteiger partial charge in [-0.25, -0.2) is 0 Å². The van der Waals surface area contributed by atoms with Crippen LogP contribution in [0.15, 0.2) is 0 Å². The van der Waals surface area contributed by atoms with E-state index in [0.717, 1.165) is 36.4 Å². The van der Waals surface area contributed by atoms with E-state index >= 15 is 0 Å². The number of hydrogen-bond donors (Lipinski definition) is 0. The second-order valence-electron chi connectivity index (χ2n) is 6.92. The van der Waals surface area contributed by atoms with Gasteiger partial charge in [0.15, 0.2) is 0 Å². The first-order valence-corrected chi connectivity index (χ1v) is 8.97. The summed E-state index contributed by atoms with van der Waals surface area (Å²) in [6.07, 6.45) is 3.08. The Labute approximate surface area is 125 Å². The largest absolute Gasteiger partial charge is 0.305 e. The van der Waals surface area contributed by atoms with E-state index in [1.54, 1.807) is 6.42 Å². The van der Waals surface area contributed by atoms with Crippen LogP contribution in [0.2, 0.25) is 0 Å². The van der Waals surface area contributed by atoms with Gasteiger partial charge in [0.25, 0.3) is 0 Å². The standard InChI is InChI=1S/C13H19I2N/c1-7-3-12(7)4-8(14)9(12)10-11(15)13(10)5-16(2)6-13/h7-11H,3-6H2,1-2H3. The summed E-state index contributed by atoms with van der Waals surface area (Å²) in [6, 6.07) is 0. The van der Waals surface area contributed by atoms with Crippen LogP contribution in [0.4, 0.5) is 0 Å². The van der Waals surface area contributed by atoms with E-state index in [9.17, 15) is 0 Å². The maximum Gasteiger partial charge on any atom is 0.0232 e. The van der Waals surface area contributed by atoms with Gasteiger partial charge in [-0.3, -0.25) is 0 Å². The molecule has 0 amide bonds. The Morgan fingerprint density at radius 1 is 1.06 bits per heavy atom. The zero-order chi connectivity index (χ0) is 11.3. The van der Waals surface area contributed by atoms with Gasteiger partial charge in [-0.15, -0.1) is 0 Å². The van der Waals surface area contributed by atoms with E-state index < -0.39 is 0 Å². The van der Waals surface area contributed by atoms with Crippen molar-refractivity contribution in [1.29, 1.82) is 0 Å². The van der Waals surface area contributed by atoms with Crippen molar-refractivity contribution in [3.8, 4) is 0 Å². The Morgan fingerprint density at radius 3 is 2.12 bits per heavy atom. The Balaban J connectivity index is 1.55. The van der Waals surface area contributed by atoms with Crippen molar-refractivity contribution in [2.45, 2.75) is 27.6 Å². The molecule has 16 heavy (non-hydrogen) atoms. The van der Waals surface area contributed by atoms with Crippen molar-refractivity contribution in [2.24, 2.45) is 28.6 Å². The fourth-order valence-corrected chi connectivity index (χ4v) is 8.77. The molecule has 1 heterocycles. The molecule has 6 atom stereocenters. The first-order valence-electron chi connectivity index (χ1n) is 6.48. The average Bonchev–Trinajstić information content (AvgIpc) is 2.96. The Bertz CT molecular complexity index is 352. The molecule has 4 fully saturated rings. The second kappa shape index (κ2) is 3.11. The van der Waals surface area contributed by atoms with Crippen LogP contribution in [0.3, 0.4) is 0 Å². The highest BCUT2D eigenvalue weighted by atomic mass is 127. The smallest absolute Gasteiger partial charge is 0.0232 e. The van der Waals surface area contributed by atoms with Gasteiger partial charge < -0.3 is 4.90 Å². The molecule has 1 aliphatic heterocycles. The SMILES string of the molecule is CC1CC12CC(I)C2C1C(I)C12CN(C)C2. The highest BCUT2D eigenvalue weighted by Gasteiger charge is 2.78. The van der Waals surface area contributed by atoms with Crippen molar-refractivity contribution < 1.29 is 0 Å². The lowest BCUT2D eigenvalue weighted by Crippen LogP contribution is -2.51. The fourth-order valence-electron chi connectivity index (χ4n) is 5.02. The molecule has 0 bridgehead atoms. The van der Waals surface area contributed by atoms with Gasteiger partial charge in [0.05, 0.1) is 0 Å². The summed E-state index contributed by atoms with van der Waals surface area (Å²) in [7, 11) is 2.28. The molecule has 3 saturated carbocycles. The van der Waals surface area contributed by atoms with E-state index in [1.165, 1.54) is 19.5 Å². The molecule has 0 radical (unpaired) electrons. The normalized spacial score (nSPS) is 61.9. The number of likely N-dealkylation sites (tertiary alicyclic amines) is 1. The first kappa shape index (κ1) is 11.3. The summed E-state index contributed by atoms with van der Waals surface area (Å²) in [6.45, 7) is 5.25. The van der Waals surface area contributed by atoms with Gasteiger partial charge in [-0.1, -0.05) is 52.1 Å². The lowest BCUT2D eigenvalue weighted by molar-refractivity contribution is 0.0465. The minimum atomic E-state index is 0.763. The zero-order valence-corrected chi connectivity index (χ0v) is 14.2. The lowest BCUT2D eigenvalue weighted by Gasteiger charge is -2.48. The van der Waals surface area contributed by atoms with E-state index in [0.29, 0.717) is 0 Å². The molecule has 0 N–H and O–H groups in total. The molecule has 3 aliphatic carbocycles. The maximum atomic E-state index is 2.76. The number of hydrogen-bond acceptors (Lipinski definition) is 1. The minimum Gasteiger partial charge on any atom is -0.305 e. The number of nitrogens with zero attached hydrogens (tertiary/aromatic N) is 1. The van der Waals surface area contributed by atoms with E-state index in [1.807, 2.05) is 0 Å². The molecule has 1 nitrogen and oxygen atoms in total. The van der Waals surface area contributed by atoms with Crippen LogP contribution in [-0.2, 0) is 0 Å². The second-order valence-corrected chi connectivity index (χ2v) is 9.86. The third-order valence-electron chi connectivity index (χ3n) is 6.07. The topological polar surface area (TPSA) is 3.24 Å². The molecule has 6 unspecified atom stereocenters. The Kier molecular flexibility index (Phi) is 2.19. The van der Waals surface area contributed by atoms with Gasteiger partial charge in [0.1, 0.15) is 0 Å². The number of halogens is 2. The van der Waals surface area contributed by atoms with Gasteiger partial charge >= 0.3 is 0 Å². The van der Waals surface area contributed by atoms with Crippen LogP contribution >= 0.6 is 45.2 Å². The van der Waals surface area contributed by atoms with Gasteiger partial charge in [-0.2, -0.15) is 0 Å².